The number of thiophene rings is 1. The molecule has 2 rings (SSSR count). The van der Waals surface area contributed by atoms with Crippen molar-refractivity contribution in [2.75, 3.05) is 13.6 Å². The Morgan fingerprint density at radius 3 is 2.50 bits per heavy atom. The van der Waals surface area contributed by atoms with Crippen molar-refractivity contribution < 1.29 is 13.2 Å². The predicted octanol–water partition coefficient (Wildman–Crippen LogP) is 2.14. The van der Waals surface area contributed by atoms with E-state index in [1.807, 2.05) is 25.3 Å². The first kappa shape index (κ1) is 18.3. The van der Waals surface area contributed by atoms with Crippen LogP contribution >= 0.6 is 11.3 Å². The van der Waals surface area contributed by atoms with Crippen LogP contribution in [0.2, 0.25) is 0 Å². The van der Waals surface area contributed by atoms with Gasteiger partial charge in [0.05, 0.1) is 17.7 Å². The smallest absolute Gasteiger partial charge is 0.255 e. The lowest BCUT2D eigenvalue weighted by molar-refractivity contribution is -0.121. The van der Waals surface area contributed by atoms with Crippen LogP contribution in [0, 0.1) is 13.8 Å². The summed E-state index contributed by atoms with van der Waals surface area (Å²) in [7, 11) is -2.34. The van der Waals surface area contributed by atoms with Crippen molar-refractivity contribution in [1.29, 1.82) is 0 Å². The Morgan fingerprint density at radius 1 is 1.25 bits per heavy atom. The molecule has 0 saturated carbocycles. The Labute approximate surface area is 145 Å². The number of aryl methyl sites for hydroxylation is 2. The lowest BCUT2D eigenvalue weighted by Gasteiger charge is -2.16. The zero-order valence-electron chi connectivity index (χ0n) is 13.7. The number of benzene rings is 1. The van der Waals surface area contributed by atoms with E-state index >= 15 is 0 Å². The summed E-state index contributed by atoms with van der Waals surface area (Å²) in [5.74, 6) is -0.501. The van der Waals surface area contributed by atoms with E-state index in [0.717, 1.165) is 20.3 Å². The van der Waals surface area contributed by atoms with Crippen molar-refractivity contribution in [2.45, 2.75) is 18.7 Å². The molecule has 6 nitrogen and oxygen atoms in total. The van der Waals surface area contributed by atoms with E-state index in [1.165, 1.54) is 30.5 Å². The molecule has 0 fully saturated rings. The zero-order valence-corrected chi connectivity index (χ0v) is 15.3. The van der Waals surface area contributed by atoms with Crippen molar-refractivity contribution in [3.8, 4) is 0 Å². The molecular formula is C16H19N3O3S2. The maximum absolute atomic E-state index is 12.4. The first-order chi connectivity index (χ1) is 11.3. The minimum atomic E-state index is -3.70. The van der Waals surface area contributed by atoms with Crippen LogP contribution in [0.1, 0.15) is 16.0 Å². The lowest BCUT2D eigenvalue weighted by atomic mass is 10.2. The Morgan fingerprint density at radius 2 is 1.92 bits per heavy atom. The van der Waals surface area contributed by atoms with Gasteiger partial charge in [-0.25, -0.2) is 13.8 Å². The van der Waals surface area contributed by atoms with Crippen LogP contribution in [0.4, 0.5) is 0 Å². The monoisotopic (exact) mass is 365 g/mol. The van der Waals surface area contributed by atoms with E-state index in [0.29, 0.717) is 0 Å². The quantitative estimate of drug-likeness (QED) is 0.629. The number of rotatable bonds is 6. The molecule has 24 heavy (non-hydrogen) atoms. The third-order valence-corrected chi connectivity index (χ3v) is 6.14. The number of likely N-dealkylation sites (N-methyl/N-ethyl adjacent to an activating group) is 1. The fourth-order valence-corrected chi connectivity index (χ4v) is 3.81. The van der Waals surface area contributed by atoms with Gasteiger partial charge in [-0.3, -0.25) is 4.79 Å². The molecule has 0 atom stereocenters. The summed E-state index contributed by atoms with van der Waals surface area (Å²) in [6.07, 6.45) is 1.55. The standard InChI is InChI=1S/C16H19N3O3S2/c1-12-4-6-14(7-5-12)24(21,22)19(3)11-16(20)18-17-10-15-13(2)8-9-23-15/h4-10H,11H2,1-3H3,(H,18,20)/b17-10-. The van der Waals surface area contributed by atoms with Crippen LogP contribution in [-0.4, -0.2) is 38.4 Å². The van der Waals surface area contributed by atoms with Crippen LogP contribution in [-0.2, 0) is 14.8 Å². The van der Waals surface area contributed by atoms with Gasteiger partial charge in [0.25, 0.3) is 5.91 Å². The zero-order chi connectivity index (χ0) is 17.7. The molecule has 0 radical (unpaired) electrons. The molecule has 0 unspecified atom stereocenters. The molecule has 1 aromatic heterocycles. The van der Waals surface area contributed by atoms with Crippen LogP contribution in [0.3, 0.4) is 0 Å². The fraction of sp³-hybridized carbons (Fsp3) is 0.250. The van der Waals surface area contributed by atoms with E-state index in [-0.39, 0.29) is 11.4 Å². The molecule has 0 aliphatic carbocycles. The summed E-state index contributed by atoms with van der Waals surface area (Å²) in [6, 6.07) is 8.44. The molecule has 2 aromatic rings. The van der Waals surface area contributed by atoms with E-state index in [2.05, 4.69) is 10.5 Å². The van der Waals surface area contributed by atoms with E-state index in [1.54, 1.807) is 18.3 Å². The number of amides is 1. The van der Waals surface area contributed by atoms with Crippen LogP contribution in [0.15, 0.2) is 45.7 Å². The highest BCUT2D eigenvalue weighted by atomic mass is 32.2. The number of hydrogen-bond acceptors (Lipinski definition) is 5. The van der Waals surface area contributed by atoms with Gasteiger partial charge in [0.2, 0.25) is 10.0 Å². The topological polar surface area (TPSA) is 78.8 Å². The normalized spacial score (nSPS) is 12.0. The molecular weight excluding hydrogens is 346 g/mol. The summed E-state index contributed by atoms with van der Waals surface area (Å²) in [5.41, 5.74) is 4.37. The maximum atomic E-state index is 12.4. The summed E-state index contributed by atoms with van der Waals surface area (Å²) in [4.78, 5) is 13.0. The Hall–Kier alpha value is -2.03. The number of sulfonamides is 1. The van der Waals surface area contributed by atoms with Gasteiger partial charge in [0, 0.05) is 11.9 Å². The number of nitrogens with zero attached hydrogens (tertiary/aromatic N) is 2. The summed E-state index contributed by atoms with van der Waals surface area (Å²) >= 11 is 1.51. The van der Waals surface area contributed by atoms with E-state index < -0.39 is 15.9 Å². The second-order valence-electron chi connectivity index (χ2n) is 5.34. The second-order valence-corrected chi connectivity index (χ2v) is 8.33. The number of nitrogens with one attached hydrogen (secondary N) is 1. The highest BCUT2D eigenvalue weighted by molar-refractivity contribution is 7.89. The maximum Gasteiger partial charge on any atom is 0.255 e. The number of hydrogen-bond donors (Lipinski definition) is 1. The van der Waals surface area contributed by atoms with E-state index in [4.69, 9.17) is 0 Å². The molecule has 0 spiro atoms. The third kappa shape index (κ3) is 4.50. The van der Waals surface area contributed by atoms with Gasteiger partial charge in [-0.15, -0.1) is 11.3 Å². The SMILES string of the molecule is Cc1ccc(S(=O)(=O)N(C)CC(=O)N/N=C\c2sccc2C)cc1. The summed E-state index contributed by atoms with van der Waals surface area (Å²) in [5, 5.41) is 5.79. The largest absolute Gasteiger partial charge is 0.272 e. The van der Waals surface area contributed by atoms with Crippen molar-refractivity contribution in [3.63, 3.8) is 0 Å². The van der Waals surface area contributed by atoms with E-state index in [9.17, 15) is 13.2 Å². The van der Waals surface area contributed by atoms with Crippen molar-refractivity contribution in [2.24, 2.45) is 5.10 Å². The Bertz CT molecular complexity index is 840. The van der Waals surface area contributed by atoms with Crippen molar-refractivity contribution in [1.82, 2.24) is 9.73 Å². The highest BCUT2D eigenvalue weighted by Crippen LogP contribution is 2.15. The number of carbonyl (C=O) groups excluding carboxylic acids is 1. The van der Waals surface area contributed by atoms with Gasteiger partial charge in [-0.1, -0.05) is 17.7 Å². The minimum Gasteiger partial charge on any atom is -0.272 e. The average molecular weight is 365 g/mol. The second kappa shape index (κ2) is 7.69. The molecule has 1 N–H and O–H groups in total. The summed E-state index contributed by atoms with van der Waals surface area (Å²) < 4.78 is 25.8. The molecule has 0 aliphatic rings. The first-order valence-corrected chi connectivity index (χ1v) is 9.51. The summed E-state index contributed by atoms with van der Waals surface area (Å²) in [6.45, 7) is 3.51. The Balaban J connectivity index is 1.96. The third-order valence-electron chi connectivity index (χ3n) is 3.37. The number of carbonyl (C=O) groups is 1. The van der Waals surface area contributed by atoms with Gasteiger partial charge in [-0.2, -0.15) is 9.41 Å². The van der Waals surface area contributed by atoms with Gasteiger partial charge in [0.1, 0.15) is 0 Å². The van der Waals surface area contributed by atoms with Gasteiger partial charge in [-0.05, 0) is 43.0 Å². The first-order valence-electron chi connectivity index (χ1n) is 7.19. The molecule has 0 saturated heterocycles. The fourth-order valence-electron chi connectivity index (χ4n) is 1.89. The molecule has 1 amide bonds. The molecule has 128 valence electrons. The molecule has 8 heteroatoms. The minimum absolute atomic E-state index is 0.154. The number of hydrazone groups is 1. The predicted molar refractivity (Wildman–Crippen MR) is 95.8 cm³/mol. The van der Waals surface area contributed by atoms with Crippen molar-refractivity contribution in [3.05, 3.63) is 51.7 Å². The van der Waals surface area contributed by atoms with Gasteiger partial charge < -0.3 is 0 Å². The molecule has 0 aliphatic heterocycles. The van der Waals surface area contributed by atoms with Gasteiger partial charge >= 0.3 is 0 Å². The molecule has 0 bridgehead atoms. The molecule has 1 aromatic carbocycles. The van der Waals surface area contributed by atoms with Crippen LogP contribution in [0.5, 0.6) is 0 Å². The van der Waals surface area contributed by atoms with Crippen molar-refractivity contribution >= 4 is 33.5 Å². The van der Waals surface area contributed by atoms with Gasteiger partial charge in [0.15, 0.2) is 0 Å². The molecule has 1 heterocycles. The average Bonchev–Trinajstić information content (AvgIpc) is 2.93. The lowest BCUT2D eigenvalue weighted by Crippen LogP contribution is -2.36. The van der Waals surface area contributed by atoms with Crippen LogP contribution in [0.25, 0.3) is 0 Å². The Kier molecular flexibility index (Phi) is 5.87. The van der Waals surface area contributed by atoms with Crippen LogP contribution < -0.4 is 5.43 Å². The highest BCUT2D eigenvalue weighted by Gasteiger charge is 2.22.